The lowest BCUT2D eigenvalue weighted by atomic mass is 9.74. The van der Waals surface area contributed by atoms with Gasteiger partial charge in [-0.1, -0.05) is 188 Å². The van der Waals surface area contributed by atoms with E-state index in [-0.39, 0.29) is 5.41 Å². The molecule has 0 saturated carbocycles. The molecule has 0 radical (unpaired) electrons. The SMILES string of the molecule is CC1(c2ccccc2)c2ccccc2-c2ccc(-c3cc(-c4ccc(-c5ccc(-c6ccc7c(c6)sc6ccccc67)c6ccccc56)cc4)nc(-c4ccccc4)n3)cc21. The molecule has 2 nitrogen and oxygen atoms in total. The summed E-state index contributed by atoms with van der Waals surface area (Å²) in [6.07, 6.45) is 0. The highest BCUT2D eigenvalue weighted by molar-refractivity contribution is 7.25. The molecule has 2 heterocycles. The first-order valence-electron chi connectivity index (χ1n) is 20.9. The van der Waals surface area contributed by atoms with Crippen LogP contribution in [0.5, 0.6) is 0 Å². The number of thiophene rings is 1. The Balaban J connectivity index is 0.941. The maximum atomic E-state index is 5.24. The Morgan fingerprint density at radius 2 is 0.885 bits per heavy atom. The molecule has 12 rings (SSSR count). The second-order valence-corrected chi connectivity index (χ2v) is 17.3. The molecule has 61 heavy (non-hydrogen) atoms. The van der Waals surface area contributed by atoms with Gasteiger partial charge in [0.2, 0.25) is 0 Å². The Morgan fingerprint density at radius 1 is 0.344 bits per heavy atom. The lowest BCUT2D eigenvalue weighted by molar-refractivity contribution is 0.714. The molecule has 0 aliphatic heterocycles. The van der Waals surface area contributed by atoms with Crippen molar-refractivity contribution in [3.05, 3.63) is 229 Å². The van der Waals surface area contributed by atoms with E-state index in [0.717, 1.165) is 28.1 Å². The summed E-state index contributed by atoms with van der Waals surface area (Å²) in [7, 11) is 0. The molecule has 3 heteroatoms. The Bertz CT molecular complexity index is 3480. The van der Waals surface area contributed by atoms with Crippen molar-refractivity contribution in [2.24, 2.45) is 0 Å². The summed E-state index contributed by atoms with van der Waals surface area (Å²) in [6, 6.07) is 77.0. The van der Waals surface area contributed by atoms with E-state index in [9.17, 15) is 0 Å². The molecule has 0 fully saturated rings. The maximum absolute atomic E-state index is 5.24. The molecule has 1 unspecified atom stereocenters. The second kappa shape index (κ2) is 14.1. The molecule has 0 spiro atoms. The molecule has 2 aromatic heterocycles. The average Bonchev–Trinajstić information content (AvgIpc) is 3.84. The topological polar surface area (TPSA) is 25.8 Å². The van der Waals surface area contributed by atoms with Gasteiger partial charge < -0.3 is 0 Å². The number of rotatable bonds is 6. The molecule has 1 atom stereocenters. The Hall–Kier alpha value is -7.46. The molecule has 9 aromatic carbocycles. The van der Waals surface area contributed by atoms with Crippen LogP contribution >= 0.6 is 11.3 Å². The molecule has 0 amide bonds. The first kappa shape index (κ1) is 35.5. The molecule has 286 valence electrons. The van der Waals surface area contributed by atoms with Crippen LogP contribution in [0, 0.1) is 0 Å². The van der Waals surface area contributed by atoms with Crippen molar-refractivity contribution in [1.82, 2.24) is 9.97 Å². The molecule has 1 aliphatic carbocycles. The van der Waals surface area contributed by atoms with Crippen LogP contribution in [0.25, 0.3) is 98.2 Å². The van der Waals surface area contributed by atoms with Crippen LogP contribution < -0.4 is 0 Å². The second-order valence-electron chi connectivity index (χ2n) is 16.2. The van der Waals surface area contributed by atoms with Gasteiger partial charge in [0.1, 0.15) is 0 Å². The zero-order valence-electron chi connectivity index (χ0n) is 33.5. The number of benzene rings is 9. The van der Waals surface area contributed by atoms with Gasteiger partial charge >= 0.3 is 0 Å². The van der Waals surface area contributed by atoms with Crippen molar-refractivity contribution in [3.8, 4) is 67.3 Å². The summed E-state index contributed by atoms with van der Waals surface area (Å²) in [5.41, 5.74) is 15.9. The quantitative estimate of drug-likeness (QED) is 0.168. The Kier molecular flexibility index (Phi) is 8.19. The van der Waals surface area contributed by atoms with Crippen molar-refractivity contribution >= 4 is 42.3 Å². The van der Waals surface area contributed by atoms with E-state index in [0.29, 0.717) is 5.82 Å². The minimum atomic E-state index is -0.299. The minimum Gasteiger partial charge on any atom is -0.228 e. The highest BCUT2D eigenvalue weighted by atomic mass is 32.1. The largest absolute Gasteiger partial charge is 0.228 e. The van der Waals surface area contributed by atoms with Crippen LogP contribution in [0.3, 0.4) is 0 Å². The summed E-state index contributed by atoms with van der Waals surface area (Å²) >= 11 is 1.87. The summed E-state index contributed by atoms with van der Waals surface area (Å²) in [4.78, 5) is 10.4. The van der Waals surface area contributed by atoms with Gasteiger partial charge in [0.05, 0.1) is 11.4 Å². The van der Waals surface area contributed by atoms with Crippen LogP contribution in [-0.2, 0) is 5.41 Å². The molecule has 1 aliphatic rings. The van der Waals surface area contributed by atoms with Crippen molar-refractivity contribution in [2.45, 2.75) is 12.3 Å². The van der Waals surface area contributed by atoms with E-state index in [4.69, 9.17) is 9.97 Å². The predicted octanol–water partition coefficient (Wildman–Crippen LogP) is 15.7. The average molecular weight is 795 g/mol. The number of nitrogens with zero attached hydrogens (tertiary/aromatic N) is 2. The summed E-state index contributed by atoms with van der Waals surface area (Å²) in [5.74, 6) is 0.710. The third kappa shape index (κ3) is 5.77. The number of aromatic nitrogens is 2. The summed E-state index contributed by atoms with van der Waals surface area (Å²) in [5, 5.41) is 5.13. The molecule has 0 N–H and O–H groups in total. The van der Waals surface area contributed by atoms with E-state index < -0.39 is 0 Å². The van der Waals surface area contributed by atoms with Crippen LogP contribution in [0.4, 0.5) is 0 Å². The summed E-state index contributed by atoms with van der Waals surface area (Å²) in [6.45, 7) is 2.36. The fraction of sp³-hybridized carbons (Fsp3) is 0.0345. The monoisotopic (exact) mass is 794 g/mol. The lowest BCUT2D eigenvalue weighted by Crippen LogP contribution is -2.22. The van der Waals surface area contributed by atoms with Gasteiger partial charge in [0.15, 0.2) is 5.82 Å². The lowest BCUT2D eigenvalue weighted by Gasteiger charge is -2.28. The maximum Gasteiger partial charge on any atom is 0.160 e. The fourth-order valence-corrected chi connectivity index (χ4v) is 10.9. The first-order valence-corrected chi connectivity index (χ1v) is 21.7. The van der Waals surface area contributed by atoms with Crippen LogP contribution in [-0.4, -0.2) is 9.97 Å². The normalized spacial score (nSPS) is 14.4. The van der Waals surface area contributed by atoms with Gasteiger partial charge in [-0.2, -0.15) is 0 Å². The molecular weight excluding hydrogens is 757 g/mol. The van der Waals surface area contributed by atoms with Gasteiger partial charge in [-0.05, 0) is 92.0 Å². The molecular formula is C58H38N2S. The molecule has 0 saturated heterocycles. The predicted molar refractivity (Wildman–Crippen MR) is 257 cm³/mol. The third-order valence-electron chi connectivity index (χ3n) is 12.8. The Labute approximate surface area is 359 Å². The van der Waals surface area contributed by atoms with Gasteiger partial charge in [-0.15, -0.1) is 11.3 Å². The van der Waals surface area contributed by atoms with Gasteiger partial charge in [0.25, 0.3) is 0 Å². The highest BCUT2D eigenvalue weighted by Gasteiger charge is 2.40. The highest BCUT2D eigenvalue weighted by Crippen LogP contribution is 2.53. The van der Waals surface area contributed by atoms with Crippen LogP contribution in [0.15, 0.2) is 212 Å². The van der Waals surface area contributed by atoms with E-state index in [1.807, 2.05) is 17.4 Å². The molecule has 11 aromatic rings. The van der Waals surface area contributed by atoms with Crippen LogP contribution in [0.2, 0.25) is 0 Å². The van der Waals surface area contributed by atoms with Gasteiger partial charge in [-0.25, -0.2) is 9.97 Å². The van der Waals surface area contributed by atoms with Crippen molar-refractivity contribution < 1.29 is 0 Å². The standard InChI is InChI=1S/C58H38N2S/c1-58(42-16-6-3-7-17-42)51-22-12-10-20-47(51)48-30-29-41(34-52(48)58)54-36-53(59-57(60-54)39-14-4-2-5-15-39)38-26-24-37(25-27-38)43-32-33-44(46-19-9-8-18-45(43)46)40-28-31-50-49-21-11-13-23-55(49)61-56(50)35-40/h2-36H,1H3. The van der Waals surface area contributed by atoms with Crippen LogP contribution in [0.1, 0.15) is 23.6 Å². The van der Waals surface area contributed by atoms with E-state index in [1.54, 1.807) is 0 Å². The minimum absolute atomic E-state index is 0.299. The third-order valence-corrected chi connectivity index (χ3v) is 14.0. The van der Waals surface area contributed by atoms with Gasteiger partial charge in [-0.3, -0.25) is 0 Å². The van der Waals surface area contributed by atoms with E-state index in [1.165, 1.54) is 81.0 Å². The zero-order chi connectivity index (χ0) is 40.5. The van der Waals surface area contributed by atoms with Crippen molar-refractivity contribution in [2.75, 3.05) is 0 Å². The Morgan fingerprint density at radius 3 is 1.66 bits per heavy atom. The number of hydrogen-bond donors (Lipinski definition) is 0. The number of hydrogen-bond acceptors (Lipinski definition) is 3. The van der Waals surface area contributed by atoms with E-state index >= 15 is 0 Å². The van der Waals surface area contributed by atoms with Crippen molar-refractivity contribution in [1.29, 1.82) is 0 Å². The van der Waals surface area contributed by atoms with Gasteiger partial charge in [0, 0.05) is 42.3 Å². The zero-order valence-corrected chi connectivity index (χ0v) is 34.3. The summed E-state index contributed by atoms with van der Waals surface area (Å²) < 4.78 is 2.65. The fourth-order valence-electron chi connectivity index (χ4n) is 9.71. The van der Waals surface area contributed by atoms with Crippen molar-refractivity contribution in [3.63, 3.8) is 0 Å². The van der Waals surface area contributed by atoms with E-state index in [2.05, 4.69) is 213 Å². The number of fused-ring (bicyclic) bond motifs is 7. The first-order chi connectivity index (χ1) is 30.1. The smallest absolute Gasteiger partial charge is 0.160 e. The molecule has 0 bridgehead atoms.